The fraction of sp³-hybridized carbons (Fsp3) is 0.308. The molecule has 0 atom stereocenters. The van der Waals surface area contributed by atoms with E-state index in [0.717, 1.165) is 24.6 Å². The molecule has 2 aromatic heterocycles. The SMILES string of the molecule is CC(C)Cc1nc(-c2ncc(Br)cc2Br)nc(Cl)c1I. The zero-order chi connectivity index (χ0) is 14.9. The van der Waals surface area contributed by atoms with Crippen LogP contribution in [-0.2, 0) is 6.42 Å². The van der Waals surface area contributed by atoms with E-state index in [-0.39, 0.29) is 0 Å². The van der Waals surface area contributed by atoms with Gasteiger partial charge in [-0.25, -0.2) is 9.97 Å². The van der Waals surface area contributed by atoms with Crippen molar-refractivity contribution in [1.29, 1.82) is 0 Å². The molecule has 0 aliphatic rings. The molecule has 7 heteroatoms. The third-order valence-corrected chi connectivity index (χ3v) is 5.26. The molecule has 0 aliphatic carbocycles. The maximum atomic E-state index is 6.22. The Balaban J connectivity index is 2.54. The monoisotopic (exact) mass is 529 g/mol. The van der Waals surface area contributed by atoms with Crippen LogP contribution < -0.4 is 0 Å². The van der Waals surface area contributed by atoms with Gasteiger partial charge in [-0.05, 0) is 72.9 Å². The summed E-state index contributed by atoms with van der Waals surface area (Å²) in [7, 11) is 0. The van der Waals surface area contributed by atoms with E-state index in [0.29, 0.717) is 22.6 Å². The second-order valence-electron chi connectivity index (χ2n) is 4.68. The molecule has 0 unspecified atom stereocenters. The standard InChI is InChI=1S/C13H11Br2ClIN3/c1-6(2)3-9-10(17)12(16)20-13(19-9)11-8(15)4-7(14)5-18-11/h4-6H,3H2,1-2H3. The molecule has 2 rings (SSSR count). The molecule has 0 saturated carbocycles. The van der Waals surface area contributed by atoms with Gasteiger partial charge in [0.15, 0.2) is 5.82 Å². The number of hydrogen-bond donors (Lipinski definition) is 0. The molecule has 106 valence electrons. The van der Waals surface area contributed by atoms with Gasteiger partial charge in [0.05, 0.1) is 9.26 Å². The van der Waals surface area contributed by atoms with Crippen molar-refractivity contribution in [2.24, 2.45) is 5.92 Å². The fourth-order valence-corrected chi connectivity index (χ4v) is 3.49. The fourth-order valence-electron chi connectivity index (χ4n) is 1.67. The van der Waals surface area contributed by atoms with Crippen LogP contribution >= 0.6 is 66.1 Å². The Hall–Kier alpha value is 0.210. The number of hydrogen-bond acceptors (Lipinski definition) is 3. The molecule has 0 aromatic carbocycles. The van der Waals surface area contributed by atoms with Crippen LogP contribution in [0.1, 0.15) is 19.5 Å². The molecular weight excluding hydrogens is 520 g/mol. The Labute approximate surface area is 153 Å². The first-order valence-corrected chi connectivity index (χ1v) is 8.96. The van der Waals surface area contributed by atoms with Crippen LogP contribution in [0.5, 0.6) is 0 Å². The van der Waals surface area contributed by atoms with E-state index in [1.807, 2.05) is 6.07 Å². The van der Waals surface area contributed by atoms with E-state index in [9.17, 15) is 0 Å². The van der Waals surface area contributed by atoms with Crippen LogP contribution in [0, 0.1) is 9.49 Å². The third-order valence-electron chi connectivity index (χ3n) is 2.50. The van der Waals surface area contributed by atoms with Gasteiger partial charge in [-0.3, -0.25) is 4.98 Å². The minimum absolute atomic E-state index is 0.475. The molecule has 20 heavy (non-hydrogen) atoms. The van der Waals surface area contributed by atoms with E-state index < -0.39 is 0 Å². The topological polar surface area (TPSA) is 38.7 Å². The first-order chi connectivity index (χ1) is 9.38. The molecule has 0 aliphatic heterocycles. The van der Waals surface area contributed by atoms with E-state index >= 15 is 0 Å². The quantitative estimate of drug-likeness (QED) is 0.387. The molecule has 0 saturated heterocycles. The first kappa shape index (κ1) is 16.6. The van der Waals surface area contributed by atoms with Crippen molar-refractivity contribution in [2.45, 2.75) is 20.3 Å². The Morgan fingerprint density at radius 1 is 1.30 bits per heavy atom. The minimum Gasteiger partial charge on any atom is -0.251 e. The highest BCUT2D eigenvalue weighted by Gasteiger charge is 2.16. The van der Waals surface area contributed by atoms with Gasteiger partial charge in [-0.1, -0.05) is 25.4 Å². The summed E-state index contributed by atoms with van der Waals surface area (Å²) in [5.74, 6) is 1.05. The van der Waals surface area contributed by atoms with Gasteiger partial charge in [-0.15, -0.1) is 0 Å². The highest BCUT2D eigenvalue weighted by Crippen LogP contribution is 2.29. The lowest BCUT2D eigenvalue weighted by molar-refractivity contribution is 0.632. The maximum absolute atomic E-state index is 6.22. The van der Waals surface area contributed by atoms with Gasteiger partial charge in [-0.2, -0.15) is 0 Å². The van der Waals surface area contributed by atoms with E-state index in [2.05, 4.69) is 83.3 Å². The van der Waals surface area contributed by atoms with Crippen molar-refractivity contribution in [2.75, 3.05) is 0 Å². The van der Waals surface area contributed by atoms with Crippen molar-refractivity contribution < 1.29 is 0 Å². The van der Waals surface area contributed by atoms with E-state index in [1.165, 1.54) is 0 Å². The zero-order valence-electron chi connectivity index (χ0n) is 10.8. The van der Waals surface area contributed by atoms with Crippen molar-refractivity contribution in [3.05, 3.63) is 35.6 Å². The second kappa shape index (κ2) is 6.98. The molecule has 0 amide bonds. The Morgan fingerprint density at radius 3 is 2.60 bits per heavy atom. The van der Waals surface area contributed by atoms with Crippen LogP contribution in [0.25, 0.3) is 11.5 Å². The Kier molecular flexibility index (Phi) is 5.79. The number of aromatic nitrogens is 3. The summed E-state index contributed by atoms with van der Waals surface area (Å²) >= 11 is 15.3. The van der Waals surface area contributed by atoms with Crippen LogP contribution in [0.2, 0.25) is 5.15 Å². The largest absolute Gasteiger partial charge is 0.251 e. The van der Waals surface area contributed by atoms with Crippen molar-refractivity contribution in [3.63, 3.8) is 0 Å². The molecule has 0 fully saturated rings. The van der Waals surface area contributed by atoms with Gasteiger partial charge >= 0.3 is 0 Å². The third kappa shape index (κ3) is 3.90. The van der Waals surface area contributed by atoms with Crippen LogP contribution in [-0.4, -0.2) is 15.0 Å². The lowest BCUT2D eigenvalue weighted by Gasteiger charge is -2.10. The summed E-state index contributed by atoms with van der Waals surface area (Å²) in [5, 5.41) is 0.475. The Morgan fingerprint density at radius 2 is 2.00 bits per heavy atom. The predicted molar refractivity (Wildman–Crippen MR) is 96.9 cm³/mol. The Bertz CT molecular complexity index is 650. The van der Waals surface area contributed by atoms with Crippen LogP contribution in [0.15, 0.2) is 21.2 Å². The molecule has 0 radical (unpaired) electrons. The molecule has 0 N–H and O–H groups in total. The van der Waals surface area contributed by atoms with Crippen molar-refractivity contribution in [3.8, 4) is 11.5 Å². The van der Waals surface area contributed by atoms with Crippen molar-refractivity contribution >= 4 is 66.1 Å². The molecular formula is C13H11Br2ClIN3. The number of halogens is 4. The summed E-state index contributed by atoms with van der Waals surface area (Å²) in [5.41, 5.74) is 1.66. The van der Waals surface area contributed by atoms with Crippen molar-refractivity contribution in [1.82, 2.24) is 15.0 Å². The second-order valence-corrected chi connectivity index (χ2v) is 7.89. The van der Waals surface area contributed by atoms with E-state index in [1.54, 1.807) is 6.20 Å². The average Bonchev–Trinajstić information content (AvgIpc) is 2.34. The van der Waals surface area contributed by atoms with Crippen LogP contribution in [0.4, 0.5) is 0 Å². The molecule has 2 heterocycles. The van der Waals surface area contributed by atoms with Gasteiger partial charge in [0, 0.05) is 15.1 Å². The highest BCUT2D eigenvalue weighted by atomic mass is 127. The van der Waals surface area contributed by atoms with Gasteiger partial charge in [0.2, 0.25) is 0 Å². The molecule has 0 spiro atoms. The average molecular weight is 531 g/mol. The summed E-state index contributed by atoms with van der Waals surface area (Å²) in [4.78, 5) is 13.3. The van der Waals surface area contributed by atoms with Gasteiger partial charge in [0.25, 0.3) is 0 Å². The first-order valence-electron chi connectivity index (χ1n) is 5.91. The number of rotatable bonds is 3. The molecule has 3 nitrogen and oxygen atoms in total. The lowest BCUT2D eigenvalue weighted by Crippen LogP contribution is -2.05. The maximum Gasteiger partial charge on any atom is 0.181 e. The summed E-state index contributed by atoms with van der Waals surface area (Å²) in [6.07, 6.45) is 2.58. The highest BCUT2D eigenvalue weighted by molar-refractivity contribution is 14.1. The number of nitrogens with zero attached hydrogens (tertiary/aromatic N) is 3. The molecule has 0 bridgehead atoms. The zero-order valence-corrected chi connectivity index (χ0v) is 16.9. The minimum atomic E-state index is 0.475. The summed E-state index contributed by atoms with van der Waals surface area (Å²) in [6, 6.07) is 1.92. The van der Waals surface area contributed by atoms with E-state index in [4.69, 9.17) is 11.6 Å². The predicted octanol–water partition coefficient (Wildman–Crippen LogP) is 5.52. The normalized spacial score (nSPS) is 11.2. The molecule has 2 aromatic rings. The van der Waals surface area contributed by atoms with Gasteiger partial charge in [0.1, 0.15) is 10.8 Å². The summed E-state index contributed by atoms with van der Waals surface area (Å²) in [6.45, 7) is 4.30. The van der Waals surface area contributed by atoms with Gasteiger partial charge < -0.3 is 0 Å². The lowest BCUT2D eigenvalue weighted by atomic mass is 10.1. The number of pyridine rings is 1. The summed E-state index contributed by atoms with van der Waals surface area (Å²) < 4.78 is 2.64. The van der Waals surface area contributed by atoms with Crippen LogP contribution in [0.3, 0.4) is 0 Å². The smallest absolute Gasteiger partial charge is 0.181 e.